The predicted octanol–water partition coefficient (Wildman–Crippen LogP) is 3.88. The quantitative estimate of drug-likeness (QED) is 0.827. The number of nitrogens with zero attached hydrogens (tertiary/aromatic N) is 1. The highest BCUT2D eigenvalue weighted by Gasteiger charge is 2.24. The van der Waals surface area contributed by atoms with Gasteiger partial charge in [0.05, 0.1) is 0 Å². The number of hydrogen-bond acceptors (Lipinski definition) is 3. The normalized spacial score (nSPS) is 14.5. The Morgan fingerprint density at radius 3 is 2.46 bits per heavy atom. The third-order valence-corrected chi connectivity index (χ3v) is 5.35. The van der Waals surface area contributed by atoms with E-state index in [1.54, 1.807) is 4.90 Å². The number of rotatable bonds is 6. The Kier molecular flexibility index (Phi) is 7.06. The number of benzene rings is 2. The minimum absolute atomic E-state index is 0.215. The second-order valence-electron chi connectivity index (χ2n) is 7.26. The van der Waals surface area contributed by atoms with Crippen LogP contribution in [0.4, 0.5) is 4.79 Å². The molecule has 2 aromatic carbocycles. The molecule has 1 saturated heterocycles. The number of piperidine rings is 1. The molecule has 5 heteroatoms. The summed E-state index contributed by atoms with van der Waals surface area (Å²) in [6.45, 7) is 1.18. The molecule has 1 aliphatic heterocycles. The Morgan fingerprint density at radius 2 is 1.75 bits per heavy atom. The van der Waals surface area contributed by atoms with E-state index in [0.29, 0.717) is 19.0 Å². The second-order valence-corrected chi connectivity index (χ2v) is 7.26. The first-order chi connectivity index (χ1) is 13.7. The van der Waals surface area contributed by atoms with E-state index in [4.69, 9.17) is 4.74 Å². The summed E-state index contributed by atoms with van der Waals surface area (Å²) in [4.78, 5) is 24.9. The first-order valence-corrected chi connectivity index (χ1v) is 9.92. The van der Waals surface area contributed by atoms with E-state index in [0.717, 1.165) is 25.7 Å². The molecular formula is C23H28N2O3. The Bertz CT molecular complexity index is 783. The molecule has 2 amide bonds. The summed E-state index contributed by atoms with van der Waals surface area (Å²) in [5.74, 6) is 0.323. The van der Waals surface area contributed by atoms with Gasteiger partial charge in [-0.25, -0.2) is 4.79 Å². The second kappa shape index (κ2) is 9.93. The van der Waals surface area contributed by atoms with Crippen LogP contribution in [-0.4, -0.2) is 43.6 Å². The molecule has 0 saturated carbocycles. The summed E-state index contributed by atoms with van der Waals surface area (Å²) in [5.41, 5.74) is 3.86. The molecule has 0 radical (unpaired) electrons. The molecule has 3 rings (SSSR count). The molecular weight excluding hydrogens is 352 g/mol. The molecule has 0 spiro atoms. The smallest absolute Gasteiger partial charge is 0.410 e. The summed E-state index contributed by atoms with van der Waals surface area (Å²) < 4.78 is 5.03. The zero-order valence-corrected chi connectivity index (χ0v) is 16.4. The van der Waals surface area contributed by atoms with Crippen molar-refractivity contribution >= 4 is 12.0 Å². The molecule has 148 valence electrons. The number of hydrogen-bond donors (Lipinski definition) is 1. The number of ether oxygens (including phenoxy) is 1. The highest BCUT2D eigenvalue weighted by atomic mass is 16.6. The van der Waals surface area contributed by atoms with Crippen LogP contribution < -0.4 is 5.32 Å². The van der Waals surface area contributed by atoms with Crippen molar-refractivity contribution in [1.29, 1.82) is 0 Å². The van der Waals surface area contributed by atoms with Crippen LogP contribution in [0.5, 0.6) is 0 Å². The number of likely N-dealkylation sites (N-methyl/N-ethyl adjacent to an activating group) is 1. The van der Waals surface area contributed by atoms with E-state index < -0.39 is 6.09 Å². The van der Waals surface area contributed by atoms with Crippen molar-refractivity contribution in [2.45, 2.75) is 25.7 Å². The van der Waals surface area contributed by atoms with E-state index in [-0.39, 0.29) is 12.5 Å². The van der Waals surface area contributed by atoms with Crippen LogP contribution in [0.3, 0.4) is 0 Å². The monoisotopic (exact) mass is 380 g/mol. The van der Waals surface area contributed by atoms with Gasteiger partial charge in [-0.1, -0.05) is 54.6 Å². The van der Waals surface area contributed by atoms with Gasteiger partial charge in [-0.05, 0) is 48.3 Å². The standard InChI is InChI=1S/C23H28N2O3/c1-24-22(26)17-28-23(27)25-14-12-18(13-15-25)10-11-19-6-5-9-21(16-19)20-7-3-2-4-8-20/h2-9,16,18H,10-15,17H2,1H3,(H,24,26). The van der Waals surface area contributed by atoms with Gasteiger partial charge in [0.1, 0.15) is 0 Å². The average molecular weight is 380 g/mol. The van der Waals surface area contributed by atoms with Crippen molar-refractivity contribution in [3.63, 3.8) is 0 Å². The van der Waals surface area contributed by atoms with Gasteiger partial charge in [-0.3, -0.25) is 4.79 Å². The zero-order valence-electron chi connectivity index (χ0n) is 16.4. The summed E-state index contributed by atoms with van der Waals surface area (Å²) >= 11 is 0. The van der Waals surface area contributed by atoms with Crippen molar-refractivity contribution < 1.29 is 14.3 Å². The molecule has 1 heterocycles. The van der Waals surface area contributed by atoms with E-state index in [1.807, 2.05) is 6.07 Å². The lowest BCUT2D eigenvalue weighted by Gasteiger charge is -2.31. The summed E-state index contributed by atoms with van der Waals surface area (Å²) in [6.07, 6.45) is 3.74. The fraction of sp³-hybridized carbons (Fsp3) is 0.391. The van der Waals surface area contributed by atoms with Crippen LogP contribution in [0.2, 0.25) is 0 Å². The largest absolute Gasteiger partial charge is 0.439 e. The van der Waals surface area contributed by atoms with E-state index in [1.165, 1.54) is 23.7 Å². The van der Waals surface area contributed by atoms with Gasteiger partial charge in [0.25, 0.3) is 5.91 Å². The number of aryl methyl sites for hydroxylation is 1. The molecule has 0 bridgehead atoms. The van der Waals surface area contributed by atoms with Crippen LogP contribution in [0.1, 0.15) is 24.8 Å². The van der Waals surface area contributed by atoms with Crippen molar-refractivity contribution in [1.82, 2.24) is 10.2 Å². The van der Waals surface area contributed by atoms with Crippen LogP contribution in [0.15, 0.2) is 54.6 Å². The molecule has 1 aliphatic rings. The Labute approximate surface area is 166 Å². The Hall–Kier alpha value is -2.82. The Balaban J connectivity index is 1.44. The number of nitrogens with one attached hydrogen (secondary N) is 1. The number of amides is 2. The SMILES string of the molecule is CNC(=O)COC(=O)N1CCC(CCc2cccc(-c3ccccc3)c2)CC1. The summed E-state index contributed by atoms with van der Waals surface area (Å²) in [6, 6.07) is 19.2. The maximum Gasteiger partial charge on any atom is 0.410 e. The van der Waals surface area contributed by atoms with Crippen molar-refractivity contribution in [2.24, 2.45) is 5.92 Å². The topological polar surface area (TPSA) is 58.6 Å². The minimum Gasteiger partial charge on any atom is -0.439 e. The molecule has 0 aliphatic carbocycles. The maximum atomic E-state index is 12.0. The van der Waals surface area contributed by atoms with Gasteiger partial charge in [0.2, 0.25) is 0 Å². The van der Waals surface area contributed by atoms with Crippen LogP contribution in [-0.2, 0) is 16.0 Å². The predicted molar refractivity (Wildman–Crippen MR) is 110 cm³/mol. The number of carbonyl (C=O) groups is 2. The first kappa shape index (κ1) is 19.9. The molecule has 2 aromatic rings. The van der Waals surface area contributed by atoms with Gasteiger partial charge in [0, 0.05) is 20.1 Å². The molecule has 1 N–H and O–H groups in total. The molecule has 28 heavy (non-hydrogen) atoms. The molecule has 0 aromatic heterocycles. The van der Waals surface area contributed by atoms with Crippen LogP contribution >= 0.6 is 0 Å². The lowest BCUT2D eigenvalue weighted by atomic mass is 9.90. The zero-order chi connectivity index (χ0) is 19.8. The average Bonchev–Trinajstić information content (AvgIpc) is 2.77. The van der Waals surface area contributed by atoms with Crippen molar-refractivity contribution in [2.75, 3.05) is 26.7 Å². The lowest BCUT2D eigenvalue weighted by Crippen LogP contribution is -2.40. The molecule has 1 fully saturated rings. The summed E-state index contributed by atoms with van der Waals surface area (Å²) in [7, 11) is 1.53. The third-order valence-electron chi connectivity index (χ3n) is 5.35. The minimum atomic E-state index is -0.391. The maximum absolute atomic E-state index is 12.0. The van der Waals surface area contributed by atoms with E-state index in [2.05, 4.69) is 53.8 Å². The van der Waals surface area contributed by atoms with Gasteiger partial charge >= 0.3 is 6.09 Å². The highest BCUT2D eigenvalue weighted by molar-refractivity contribution is 5.79. The van der Waals surface area contributed by atoms with Gasteiger partial charge in [-0.2, -0.15) is 0 Å². The van der Waals surface area contributed by atoms with Crippen molar-refractivity contribution in [3.05, 3.63) is 60.2 Å². The molecule has 0 atom stereocenters. The van der Waals surface area contributed by atoms with Gasteiger partial charge in [0.15, 0.2) is 6.61 Å². The fourth-order valence-electron chi connectivity index (χ4n) is 3.60. The van der Waals surface area contributed by atoms with Crippen LogP contribution in [0.25, 0.3) is 11.1 Å². The number of likely N-dealkylation sites (tertiary alicyclic amines) is 1. The lowest BCUT2D eigenvalue weighted by molar-refractivity contribution is -0.123. The summed E-state index contributed by atoms with van der Waals surface area (Å²) in [5, 5.41) is 2.44. The first-order valence-electron chi connectivity index (χ1n) is 9.92. The van der Waals surface area contributed by atoms with E-state index >= 15 is 0 Å². The van der Waals surface area contributed by atoms with Crippen LogP contribution in [0, 0.1) is 5.92 Å². The van der Waals surface area contributed by atoms with Gasteiger partial charge < -0.3 is 15.0 Å². The highest BCUT2D eigenvalue weighted by Crippen LogP contribution is 2.25. The molecule has 5 nitrogen and oxygen atoms in total. The van der Waals surface area contributed by atoms with Gasteiger partial charge in [-0.15, -0.1) is 0 Å². The fourth-order valence-corrected chi connectivity index (χ4v) is 3.60. The number of carbonyl (C=O) groups excluding carboxylic acids is 2. The third kappa shape index (κ3) is 5.59. The Morgan fingerprint density at radius 1 is 1.04 bits per heavy atom. The molecule has 0 unspecified atom stereocenters. The van der Waals surface area contributed by atoms with Crippen molar-refractivity contribution in [3.8, 4) is 11.1 Å². The van der Waals surface area contributed by atoms with E-state index in [9.17, 15) is 9.59 Å².